The predicted molar refractivity (Wildman–Crippen MR) is 78.3 cm³/mol. The molecule has 2 aromatic rings. The molecular weight excluding hydrogens is 254 g/mol. The molecule has 0 aliphatic carbocycles. The number of amides is 1. The first-order chi connectivity index (χ1) is 9.71. The maximum Gasteiger partial charge on any atom is 0.228 e. The minimum atomic E-state index is -0.0552. The van der Waals surface area contributed by atoms with Gasteiger partial charge in [-0.1, -0.05) is 12.1 Å². The summed E-state index contributed by atoms with van der Waals surface area (Å²) in [5.41, 5.74) is 1.70. The fourth-order valence-electron chi connectivity index (χ4n) is 1.81. The number of methoxy groups -OCH3 is 2. The van der Waals surface area contributed by atoms with Gasteiger partial charge in [-0.05, 0) is 42.0 Å². The molecule has 104 valence electrons. The van der Waals surface area contributed by atoms with Crippen LogP contribution in [-0.2, 0) is 11.2 Å². The van der Waals surface area contributed by atoms with Crippen molar-refractivity contribution in [3.63, 3.8) is 0 Å². The van der Waals surface area contributed by atoms with Gasteiger partial charge in [0.05, 0.1) is 20.6 Å². The second-order valence-electron chi connectivity index (χ2n) is 4.30. The molecule has 2 rings (SSSR count). The lowest BCUT2D eigenvalue weighted by Crippen LogP contribution is -2.14. The molecule has 1 N–H and O–H groups in total. The van der Waals surface area contributed by atoms with E-state index in [9.17, 15) is 4.79 Å². The number of carbonyl (C=O) groups excluding carboxylic acids is 1. The van der Waals surface area contributed by atoms with Gasteiger partial charge < -0.3 is 14.8 Å². The van der Waals surface area contributed by atoms with E-state index in [0.29, 0.717) is 6.42 Å². The van der Waals surface area contributed by atoms with Gasteiger partial charge in [0.25, 0.3) is 0 Å². The number of anilines is 1. The summed E-state index contributed by atoms with van der Waals surface area (Å²) in [6.07, 6.45) is 0.329. The van der Waals surface area contributed by atoms with Crippen LogP contribution in [0.15, 0.2) is 48.5 Å². The Kier molecular flexibility index (Phi) is 4.60. The summed E-state index contributed by atoms with van der Waals surface area (Å²) in [6, 6.07) is 14.7. The number of ether oxygens (including phenoxy) is 2. The fraction of sp³-hybridized carbons (Fsp3) is 0.188. The van der Waals surface area contributed by atoms with Crippen LogP contribution in [0.2, 0.25) is 0 Å². The van der Waals surface area contributed by atoms with Crippen molar-refractivity contribution >= 4 is 11.6 Å². The molecule has 0 atom stereocenters. The average Bonchev–Trinajstić information content (AvgIpc) is 2.49. The van der Waals surface area contributed by atoms with Gasteiger partial charge in [-0.15, -0.1) is 0 Å². The number of benzene rings is 2. The molecule has 0 aliphatic heterocycles. The Bertz CT molecular complexity index is 510. The summed E-state index contributed by atoms with van der Waals surface area (Å²) < 4.78 is 10.1. The van der Waals surface area contributed by atoms with E-state index in [4.69, 9.17) is 9.47 Å². The lowest BCUT2D eigenvalue weighted by atomic mass is 10.1. The molecule has 0 aliphatic rings. The Labute approximate surface area is 118 Å². The summed E-state index contributed by atoms with van der Waals surface area (Å²) in [5, 5.41) is 2.84. The van der Waals surface area contributed by atoms with Crippen molar-refractivity contribution in [2.45, 2.75) is 6.42 Å². The molecule has 4 nitrogen and oxygen atoms in total. The highest BCUT2D eigenvalue weighted by molar-refractivity contribution is 5.92. The van der Waals surface area contributed by atoms with Crippen LogP contribution in [0.4, 0.5) is 5.69 Å². The molecule has 0 heterocycles. The van der Waals surface area contributed by atoms with Gasteiger partial charge in [-0.2, -0.15) is 0 Å². The van der Waals surface area contributed by atoms with Gasteiger partial charge in [-0.3, -0.25) is 4.79 Å². The standard InChI is InChI=1S/C16H17NO3/c1-19-14-7-3-12(4-8-14)11-16(18)17-13-5-9-15(20-2)10-6-13/h3-10H,11H2,1-2H3,(H,17,18). The maximum absolute atomic E-state index is 11.9. The summed E-state index contributed by atoms with van der Waals surface area (Å²) >= 11 is 0. The summed E-state index contributed by atoms with van der Waals surface area (Å²) in [5.74, 6) is 1.49. The molecule has 4 heteroatoms. The molecule has 0 bridgehead atoms. The van der Waals surface area contributed by atoms with Crippen molar-refractivity contribution in [1.82, 2.24) is 0 Å². The second kappa shape index (κ2) is 6.61. The third kappa shape index (κ3) is 3.75. The average molecular weight is 271 g/mol. The molecular formula is C16H17NO3. The third-order valence-electron chi connectivity index (χ3n) is 2.90. The van der Waals surface area contributed by atoms with Crippen molar-refractivity contribution in [1.29, 1.82) is 0 Å². The zero-order valence-corrected chi connectivity index (χ0v) is 11.6. The maximum atomic E-state index is 11.9. The quantitative estimate of drug-likeness (QED) is 0.909. The Balaban J connectivity index is 1.93. The van der Waals surface area contributed by atoms with E-state index in [2.05, 4.69) is 5.32 Å². The van der Waals surface area contributed by atoms with E-state index < -0.39 is 0 Å². The Hall–Kier alpha value is -2.49. The zero-order chi connectivity index (χ0) is 14.4. The Morgan fingerprint density at radius 3 is 1.90 bits per heavy atom. The van der Waals surface area contributed by atoms with Crippen LogP contribution in [0.25, 0.3) is 0 Å². The normalized spacial score (nSPS) is 9.90. The topological polar surface area (TPSA) is 47.6 Å². The predicted octanol–water partition coefficient (Wildman–Crippen LogP) is 2.89. The molecule has 0 fully saturated rings. The number of carbonyl (C=O) groups is 1. The van der Waals surface area contributed by atoms with Crippen molar-refractivity contribution in [3.05, 3.63) is 54.1 Å². The molecule has 0 spiro atoms. The van der Waals surface area contributed by atoms with Crippen LogP contribution < -0.4 is 14.8 Å². The molecule has 20 heavy (non-hydrogen) atoms. The van der Waals surface area contributed by atoms with Crippen LogP contribution in [0.1, 0.15) is 5.56 Å². The number of hydrogen-bond donors (Lipinski definition) is 1. The van der Waals surface area contributed by atoms with Crippen molar-refractivity contribution < 1.29 is 14.3 Å². The van der Waals surface area contributed by atoms with E-state index >= 15 is 0 Å². The smallest absolute Gasteiger partial charge is 0.228 e. The van der Waals surface area contributed by atoms with Crippen molar-refractivity contribution in [3.8, 4) is 11.5 Å². The molecule has 0 unspecified atom stereocenters. The van der Waals surface area contributed by atoms with E-state index in [1.165, 1.54) is 0 Å². The van der Waals surface area contributed by atoms with Crippen LogP contribution in [0.5, 0.6) is 11.5 Å². The van der Waals surface area contributed by atoms with Crippen LogP contribution in [0, 0.1) is 0 Å². The molecule has 0 saturated carbocycles. The Morgan fingerprint density at radius 1 is 0.900 bits per heavy atom. The highest BCUT2D eigenvalue weighted by Gasteiger charge is 2.04. The first-order valence-corrected chi connectivity index (χ1v) is 6.28. The molecule has 2 aromatic carbocycles. The summed E-state index contributed by atoms with van der Waals surface area (Å²) in [7, 11) is 3.22. The van der Waals surface area contributed by atoms with Crippen LogP contribution >= 0.6 is 0 Å². The number of hydrogen-bond acceptors (Lipinski definition) is 3. The Morgan fingerprint density at radius 2 is 1.40 bits per heavy atom. The van der Waals surface area contributed by atoms with Crippen LogP contribution in [-0.4, -0.2) is 20.1 Å². The molecule has 0 radical (unpaired) electrons. The van der Waals surface area contributed by atoms with Gasteiger partial charge in [0.2, 0.25) is 5.91 Å². The van der Waals surface area contributed by atoms with E-state index in [-0.39, 0.29) is 5.91 Å². The SMILES string of the molecule is COc1ccc(CC(=O)Nc2ccc(OC)cc2)cc1. The lowest BCUT2D eigenvalue weighted by molar-refractivity contribution is -0.115. The minimum absolute atomic E-state index is 0.0552. The van der Waals surface area contributed by atoms with E-state index in [0.717, 1.165) is 22.7 Å². The fourth-order valence-corrected chi connectivity index (χ4v) is 1.81. The zero-order valence-electron chi connectivity index (χ0n) is 11.6. The first kappa shape index (κ1) is 13.9. The largest absolute Gasteiger partial charge is 0.497 e. The van der Waals surface area contributed by atoms with Crippen molar-refractivity contribution in [2.24, 2.45) is 0 Å². The first-order valence-electron chi connectivity index (χ1n) is 6.28. The van der Waals surface area contributed by atoms with Gasteiger partial charge >= 0.3 is 0 Å². The minimum Gasteiger partial charge on any atom is -0.497 e. The summed E-state index contributed by atoms with van der Waals surface area (Å²) in [4.78, 5) is 11.9. The lowest BCUT2D eigenvalue weighted by Gasteiger charge is -2.07. The highest BCUT2D eigenvalue weighted by Crippen LogP contribution is 2.16. The van der Waals surface area contributed by atoms with E-state index in [1.807, 2.05) is 48.5 Å². The molecule has 1 amide bonds. The third-order valence-corrected chi connectivity index (χ3v) is 2.90. The number of rotatable bonds is 5. The monoisotopic (exact) mass is 271 g/mol. The van der Waals surface area contributed by atoms with Gasteiger partial charge in [0.1, 0.15) is 11.5 Å². The highest BCUT2D eigenvalue weighted by atomic mass is 16.5. The van der Waals surface area contributed by atoms with Gasteiger partial charge in [-0.25, -0.2) is 0 Å². The van der Waals surface area contributed by atoms with Crippen molar-refractivity contribution in [2.75, 3.05) is 19.5 Å². The summed E-state index contributed by atoms with van der Waals surface area (Å²) in [6.45, 7) is 0. The molecule has 0 saturated heterocycles. The second-order valence-corrected chi connectivity index (χ2v) is 4.30. The van der Waals surface area contributed by atoms with Gasteiger partial charge in [0.15, 0.2) is 0 Å². The van der Waals surface area contributed by atoms with E-state index in [1.54, 1.807) is 14.2 Å². The molecule has 0 aromatic heterocycles. The van der Waals surface area contributed by atoms with Gasteiger partial charge in [0, 0.05) is 5.69 Å². The van der Waals surface area contributed by atoms with Crippen LogP contribution in [0.3, 0.4) is 0 Å². The number of nitrogens with one attached hydrogen (secondary N) is 1.